The fourth-order valence-corrected chi connectivity index (χ4v) is 3.34. The van der Waals surface area contributed by atoms with E-state index in [0.717, 1.165) is 38.0 Å². The van der Waals surface area contributed by atoms with Crippen LogP contribution in [0.15, 0.2) is 0 Å². The molecule has 0 bridgehead atoms. The van der Waals surface area contributed by atoms with Gasteiger partial charge in [0.1, 0.15) is 0 Å². The lowest BCUT2D eigenvalue weighted by molar-refractivity contribution is 0.103. The Morgan fingerprint density at radius 3 is 2.37 bits per heavy atom. The first-order chi connectivity index (χ1) is 9.08. The number of aliphatic hydroxyl groups is 1. The standard InChI is InChI=1S/C16H34N2O/c1-5-18(6-2)12-14(19)11-17-16-10-8-7-9-15(16)13(3)4/h13-17,19H,5-12H2,1-4H3. The van der Waals surface area contributed by atoms with Crippen molar-refractivity contribution in [3.63, 3.8) is 0 Å². The van der Waals surface area contributed by atoms with Crippen molar-refractivity contribution in [2.45, 2.75) is 65.5 Å². The molecule has 0 heterocycles. The van der Waals surface area contributed by atoms with Gasteiger partial charge < -0.3 is 15.3 Å². The summed E-state index contributed by atoms with van der Waals surface area (Å²) >= 11 is 0. The third kappa shape index (κ3) is 5.80. The fraction of sp³-hybridized carbons (Fsp3) is 1.00. The number of likely N-dealkylation sites (N-methyl/N-ethyl adjacent to an activating group) is 1. The highest BCUT2D eigenvalue weighted by Crippen LogP contribution is 2.30. The van der Waals surface area contributed by atoms with Crippen molar-refractivity contribution in [1.82, 2.24) is 10.2 Å². The zero-order valence-electron chi connectivity index (χ0n) is 13.4. The second kappa shape index (κ2) is 8.93. The molecule has 3 nitrogen and oxygen atoms in total. The Bertz CT molecular complexity index is 229. The number of hydrogen-bond donors (Lipinski definition) is 2. The van der Waals surface area contributed by atoms with Crippen molar-refractivity contribution in [1.29, 1.82) is 0 Å². The van der Waals surface area contributed by atoms with Gasteiger partial charge in [0.05, 0.1) is 6.10 Å². The minimum absolute atomic E-state index is 0.241. The van der Waals surface area contributed by atoms with Gasteiger partial charge in [0, 0.05) is 19.1 Å². The summed E-state index contributed by atoms with van der Waals surface area (Å²) in [6.07, 6.45) is 5.10. The Morgan fingerprint density at radius 1 is 1.16 bits per heavy atom. The molecule has 0 radical (unpaired) electrons. The molecule has 0 spiro atoms. The minimum atomic E-state index is -0.241. The predicted octanol–water partition coefficient (Wildman–Crippen LogP) is 2.49. The lowest BCUT2D eigenvalue weighted by atomic mass is 9.78. The van der Waals surface area contributed by atoms with Crippen LogP contribution in [0.4, 0.5) is 0 Å². The van der Waals surface area contributed by atoms with Crippen LogP contribution in [0.5, 0.6) is 0 Å². The van der Waals surface area contributed by atoms with Gasteiger partial charge >= 0.3 is 0 Å². The number of rotatable bonds is 8. The molecule has 1 aliphatic carbocycles. The van der Waals surface area contributed by atoms with E-state index >= 15 is 0 Å². The van der Waals surface area contributed by atoms with E-state index in [1.165, 1.54) is 25.7 Å². The van der Waals surface area contributed by atoms with Crippen LogP contribution in [0.1, 0.15) is 53.4 Å². The van der Waals surface area contributed by atoms with E-state index in [0.29, 0.717) is 6.04 Å². The molecule has 1 aliphatic rings. The van der Waals surface area contributed by atoms with Crippen molar-refractivity contribution in [2.75, 3.05) is 26.2 Å². The van der Waals surface area contributed by atoms with Gasteiger partial charge in [0.25, 0.3) is 0 Å². The highest BCUT2D eigenvalue weighted by molar-refractivity contribution is 4.83. The van der Waals surface area contributed by atoms with E-state index in [1.807, 2.05) is 0 Å². The number of aliphatic hydroxyl groups excluding tert-OH is 1. The van der Waals surface area contributed by atoms with E-state index in [1.54, 1.807) is 0 Å². The molecule has 0 aromatic carbocycles. The lowest BCUT2D eigenvalue weighted by Crippen LogP contribution is -2.46. The van der Waals surface area contributed by atoms with Gasteiger partial charge in [-0.2, -0.15) is 0 Å². The Morgan fingerprint density at radius 2 is 1.79 bits per heavy atom. The highest BCUT2D eigenvalue weighted by Gasteiger charge is 2.27. The van der Waals surface area contributed by atoms with Gasteiger partial charge in [-0.15, -0.1) is 0 Å². The molecule has 1 rings (SSSR count). The number of hydrogen-bond acceptors (Lipinski definition) is 3. The topological polar surface area (TPSA) is 35.5 Å². The number of nitrogens with zero attached hydrogens (tertiary/aromatic N) is 1. The van der Waals surface area contributed by atoms with Crippen molar-refractivity contribution in [3.05, 3.63) is 0 Å². The van der Waals surface area contributed by atoms with E-state index in [-0.39, 0.29) is 6.10 Å². The van der Waals surface area contributed by atoms with Gasteiger partial charge in [-0.05, 0) is 37.8 Å². The van der Waals surface area contributed by atoms with Gasteiger partial charge in [0.15, 0.2) is 0 Å². The molecular weight excluding hydrogens is 236 g/mol. The lowest BCUT2D eigenvalue weighted by Gasteiger charge is -2.36. The molecule has 2 N–H and O–H groups in total. The molecule has 1 fully saturated rings. The summed E-state index contributed by atoms with van der Waals surface area (Å²) in [7, 11) is 0. The van der Waals surface area contributed by atoms with Gasteiger partial charge in [0.2, 0.25) is 0 Å². The summed E-state index contributed by atoms with van der Waals surface area (Å²) in [5.74, 6) is 1.53. The average Bonchev–Trinajstić information content (AvgIpc) is 2.42. The molecule has 0 aliphatic heterocycles. The summed E-state index contributed by atoms with van der Waals surface area (Å²) in [5.41, 5.74) is 0. The fourth-order valence-electron chi connectivity index (χ4n) is 3.34. The second-order valence-corrected chi connectivity index (χ2v) is 6.35. The molecule has 114 valence electrons. The normalized spacial score (nSPS) is 26.1. The van der Waals surface area contributed by atoms with Crippen LogP contribution in [-0.2, 0) is 0 Å². The molecule has 0 saturated heterocycles. The molecule has 1 saturated carbocycles. The summed E-state index contributed by atoms with van der Waals surface area (Å²) < 4.78 is 0. The van der Waals surface area contributed by atoms with E-state index in [4.69, 9.17) is 0 Å². The quantitative estimate of drug-likeness (QED) is 0.711. The Balaban J connectivity index is 2.33. The largest absolute Gasteiger partial charge is 0.390 e. The Hall–Kier alpha value is -0.120. The molecular formula is C16H34N2O. The van der Waals surface area contributed by atoms with Crippen molar-refractivity contribution in [3.8, 4) is 0 Å². The summed E-state index contributed by atoms with van der Waals surface area (Å²) in [6, 6.07) is 0.611. The van der Waals surface area contributed by atoms with Gasteiger partial charge in [-0.25, -0.2) is 0 Å². The van der Waals surface area contributed by atoms with Crippen molar-refractivity contribution in [2.24, 2.45) is 11.8 Å². The molecule has 0 aromatic heterocycles. The van der Waals surface area contributed by atoms with E-state index in [2.05, 4.69) is 37.9 Å². The van der Waals surface area contributed by atoms with Gasteiger partial charge in [-0.1, -0.05) is 40.5 Å². The van der Waals surface area contributed by atoms with Crippen LogP contribution < -0.4 is 5.32 Å². The van der Waals surface area contributed by atoms with Crippen LogP contribution in [0, 0.1) is 11.8 Å². The second-order valence-electron chi connectivity index (χ2n) is 6.35. The third-order valence-corrected chi connectivity index (χ3v) is 4.65. The molecule has 0 amide bonds. The van der Waals surface area contributed by atoms with Crippen molar-refractivity contribution >= 4 is 0 Å². The molecule has 3 heteroatoms. The highest BCUT2D eigenvalue weighted by atomic mass is 16.3. The van der Waals surface area contributed by atoms with Gasteiger partial charge in [-0.3, -0.25) is 0 Å². The number of nitrogens with one attached hydrogen (secondary N) is 1. The maximum Gasteiger partial charge on any atom is 0.0791 e. The summed E-state index contributed by atoms with van der Waals surface area (Å²) in [4.78, 5) is 2.28. The first-order valence-corrected chi connectivity index (χ1v) is 8.22. The minimum Gasteiger partial charge on any atom is -0.390 e. The monoisotopic (exact) mass is 270 g/mol. The van der Waals surface area contributed by atoms with Crippen LogP contribution in [0.25, 0.3) is 0 Å². The summed E-state index contributed by atoms with van der Waals surface area (Å²) in [6.45, 7) is 12.5. The van der Waals surface area contributed by atoms with E-state index in [9.17, 15) is 5.11 Å². The average molecular weight is 270 g/mol. The maximum atomic E-state index is 10.1. The predicted molar refractivity (Wildman–Crippen MR) is 82.4 cm³/mol. The molecule has 0 aromatic rings. The molecule has 19 heavy (non-hydrogen) atoms. The third-order valence-electron chi connectivity index (χ3n) is 4.65. The van der Waals surface area contributed by atoms with Crippen LogP contribution in [-0.4, -0.2) is 48.3 Å². The molecule has 3 atom stereocenters. The van der Waals surface area contributed by atoms with Crippen LogP contribution in [0.3, 0.4) is 0 Å². The van der Waals surface area contributed by atoms with Crippen LogP contribution in [0.2, 0.25) is 0 Å². The molecule has 3 unspecified atom stereocenters. The Kier molecular flexibility index (Phi) is 7.96. The SMILES string of the molecule is CCN(CC)CC(O)CNC1CCCCC1C(C)C. The zero-order valence-corrected chi connectivity index (χ0v) is 13.4. The first kappa shape index (κ1) is 16.9. The van der Waals surface area contributed by atoms with E-state index < -0.39 is 0 Å². The maximum absolute atomic E-state index is 10.1. The van der Waals surface area contributed by atoms with Crippen LogP contribution >= 0.6 is 0 Å². The Labute approximate surface area is 119 Å². The zero-order chi connectivity index (χ0) is 14.3. The van der Waals surface area contributed by atoms with Crippen molar-refractivity contribution < 1.29 is 5.11 Å². The smallest absolute Gasteiger partial charge is 0.0791 e. The summed E-state index contributed by atoms with van der Waals surface area (Å²) in [5, 5.41) is 13.8. The first-order valence-electron chi connectivity index (χ1n) is 8.22.